The molecule has 0 amide bonds. The van der Waals surface area contributed by atoms with Crippen LogP contribution < -0.4 is 0 Å². The largest absolute Gasteiger partial charge is 0.392 e. The molecule has 0 radical (unpaired) electrons. The van der Waals surface area contributed by atoms with E-state index in [9.17, 15) is 10.2 Å². The number of nitrogens with zero attached hydrogens (tertiary/aromatic N) is 3. The molecule has 0 bridgehead atoms. The molecule has 0 aromatic rings. The third kappa shape index (κ3) is 2.09. The number of aliphatic hydroxyl groups is 2. The summed E-state index contributed by atoms with van der Waals surface area (Å²) in [5, 5.41) is 22.0. The molecule has 68 valence electrons. The zero-order valence-electron chi connectivity index (χ0n) is 6.71. The van der Waals surface area contributed by atoms with Gasteiger partial charge in [0.1, 0.15) is 0 Å². The summed E-state index contributed by atoms with van der Waals surface area (Å²) in [5.74, 6) is -1.30. The predicted octanol–water partition coefficient (Wildman–Crippen LogP) is 0.155. The topological polar surface area (TPSA) is 98.5 Å². The van der Waals surface area contributed by atoms with Crippen molar-refractivity contribution in [1.82, 2.24) is 0 Å². The molecule has 1 aliphatic rings. The Balaban J connectivity index is 2.59. The second kappa shape index (κ2) is 3.28. The highest BCUT2D eigenvalue weighted by Gasteiger charge is 2.35. The highest BCUT2D eigenvalue weighted by atomic mass is 16.6. The molecular weight excluding hydrogens is 162 g/mol. The van der Waals surface area contributed by atoms with E-state index in [1.54, 1.807) is 0 Å². The predicted molar refractivity (Wildman–Crippen MR) is 40.1 cm³/mol. The fraction of sp³-hybridized carbons (Fsp3) is 1.00. The van der Waals surface area contributed by atoms with E-state index in [4.69, 9.17) is 10.3 Å². The van der Waals surface area contributed by atoms with Gasteiger partial charge in [-0.2, -0.15) is 0 Å². The number of rotatable bonds is 1. The van der Waals surface area contributed by atoms with E-state index < -0.39 is 17.9 Å². The van der Waals surface area contributed by atoms with Crippen LogP contribution in [0.4, 0.5) is 0 Å². The van der Waals surface area contributed by atoms with Gasteiger partial charge < -0.3 is 14.9 Å². The fourth-order valence-electron chi connectivity index (χ4n) is 1.14. The third-order valence-corrected chi connectivity index (χ3v) is 1.80. The standard InChI is InChI=1S/C6H11N3O3/c1-6(11)2-5(10)4(3-12-6)8-9-7/h4-5,10-11H,2-3H2,1H3/t4-,5+,6+/m1/s1. The van der Waals surface area contributed by atoms with Crippen molar-refractivity contribution < 1.29 is 14.9 Å². The van der Waals surface area contributed by atoms with Gasteiger partial charge in [-0.05, 0) is 12.5 Å². The van der Waals surface area contributed by atoms with Crippen LogP contribution >= 0.6 is 0 Å². The van der Waals surface area contributed by atoms with Crippen LogP contribution in [0.1, 0.15) is 13.3 Å². The number of hydrogen-bond acceptors (Lipinski definition) is 4. The van der Waals surface area contributed by atoms with Crippen molar-refractivity contribution in [2.75, 3.05) is 6.61 Å². The van der Waals surface area contributed by atoms with Gasteiger partial charge in [0.15, 0.2) is 5.79 Å². The Morgan fingerprint density at radius 1 is 1.75 bits per heavy atom. The number of aliphatic hydroxyl groups excluding tert-OH is 1. The van der Waals surface area contributed by atoms with Crippen molar-refractivity contribution in [2.24, 2.45) is 5.11 Å². The highest BCUT2D eigenvalue weighted by molar-refractivity contribution is 4.84. The molecule has 0 aliphatic carbocycles. The van der Waals surface area contributed by atoms with Crippen molar-refractivity contribution in [3.8, 4) is 0 Å². The van der Waals surface area contributed by atoms with Crippen LogP contribution in [-0.2, 0) is 4.74 Å². The van der Waals surface area contributed by atoms with Crippen molar-refractivity contribution in [3.63, 3.8) is 0 Å². The van der Waals surface area contributed by atoms with Crippen LogP contribution in [0.15, 0.2) is 5.11 Å². The quantitative estimate of drug-likeness (QED) is 0.335. The molecule has 1 aliphatic heterocycles. The van der Waals surface area contributed by atoms with Crippen molar-refractivity contribution in [3.05, 3.63) is 10.4 Å². The summed E-state index contributed by atoms with van der Waals surface area (Å²) < 4.78 is 4.93. The van der Waals surface area contributed by atoms with E-state index >= 15 is 0 Å². The zero-order chi connectivity index (χ0) is 9.19. The minimum atomic E-state index is -1.30. The number of ether oxygens (including phenoxy) is 1. The molecule has 0 saturated carbocycles. The van der Waals surface area contributed by atoms with Gasteiger partial charge in [-0.15, -0.1) is 0 Å². The van der Waals surface area contributed by atoms with Gasteiger partial charge in [0.25, 0.3) is 0 Å². The fourth-order valence-corrected chi connectivity index (χ4v) is 1.14. The molecular formula is C6H11N3O3. The summed E-state index contributed by atoms with van der Waals surface area (Å²) in [7, 11) is 0. The summed E-state index contributed by atoms with van der Waals surface area (Å²) in [4.78, 5) is 2.56. The molecule has 0 spiro atoms. The lowest BCUT2D eigenvalue weighted by molar-refractivity contribution is -0.236. The molecule has 1 heterocycles. The average Bonchev–Trinajstić information content (AvgIpc) is 1.94. The van der Waals surface area contributed by atoms with Gasteiger partial charge in [0.2, 0.25) is 0 Å². The molecule has 6 heteroatoms. The summed E-state index contributed by atoms with van der Waals surface area (Å²) in [5.41, 5.74) is 8.10. The smallest absolute Gasteiger partial charge is 0.165 e. The average molecular weight is 173 g/mol. The Labute approximate surface area is 69.4 Å². The van der Waals surface area contributed by atoms with Crippen LogP contribution in [0.3, 0.4) is 0 Å². The Morgan fingerprint density at radius 3 is 2.92 bits per heavy atom. The minimum absolute atomic E-state index is 0.0538. The van der Waals surface area contributed by atoms with E-state index in [-0.39, 0.29) is 13.0 Å². The first kappa shape index (κ1) is 9.28. The normalized spacial score (nSPS) is 41.9. The van der Waals surface area contributed by atoms with E-state index in [0.717, 1.165) is 0 Å². The van der Waals surface area contributed by atoms with E-state index in [1.165, 1.54) is 6.92 Å². The Morgan fingerprint density at radius 2 is 2.42 bits per heavy atom. The summed E-state index contributed by atoms with van der Waals surface area (Å²) in [6, 6.07) is -0.588. The maximum absolute atomic E-state index is 9.33. The first-order chi connectivity index (χ1) is 5.55. The van der Waals surface area contributed by atoms with Gasteiger partial charge in [-0.3, -0.25) is 0 Å². The maximum Gasteiger partial charge on any atom is 0.165 e. The molecule has 1 rings (SSSR count). The molecule has 12 heavy (non-hydrogen) atoms. The Hall–Kier alpha value is -0.810. The summed E-state index contributed by atoms with van der Waals surface area (Å²) in [6.07, 6.45) is -0.763. The van der Waals surface area contributed by atoms with Crippen LogP contribution in [0.2, 0.25) is 0 Å². The monoisotopic (exact) mass is 173 g/mol. The number of hydrogen-bond donors (Lipinski definition) is 2. The lowest BCUT2D eigenvalue weighted by Gasteiger charge is -2.34. The molecule has 0 aromatic carbocycles. The van der Waals surface area contributed by atoms with Gasteiger partial charge in [0.05, 0.1) is 18.8 Å². The molecule has 0 unspecified atom stereocenters. The molecule has 6 nitrogen and oxygen atoms in total. The van der Waals surface area contributed by atoms with Crippen LogP contribution in [0, 0.1) is 0 Å². The third-order valence-electron chi connectivity index (χ3n) is 1.80. The Kier molecular flexibility index (Phi) is 2.54. The maximum atomic E-state index is 9.33. The minimum Gasteiger partial charge on any atom is -0.392 e. The van der Waals surface area contributed by atoms with Crippen molar-refractivity contribution >= 4 is 0 Å². The van der Waals surface area contributed by atoms with Crippen LogP contribution in [0.5, 0.6) is 0 Å². The first-order valence-corrected chi connectivity index (χ1v) is 3.64. The molecule has 1 fully saturated rings. The van der Waals surface area contributed by atoms with Crippen molar-refractivity contribution in [1.29, 1.82) is 0 Å². The van der Waals surface area contributed by atoms with Crippen LogP contribution in [-0.4, -0.2) is 34.8 Å². The van der Waals surface area contributed by atoms with Gasteiger partial charge >= 0.3 is 0 Å². The SMILES string of the molecule is C[C@@]1(O)C[C@H](O)[C@H](N=[N+]=[N-])CO1. The molecule has 1 saturated heterocycles. The molecule has 2 N–H and O–H groups in total. The Bertz CT molecular complexity index is 212. The molecule has 3 atom stereocenters. The zero-order valence-corrected chi connectivity index (χ0v) is 6.71. The highest BCUT2D eigenvalue weighted by Crippen LogP contribution is 2.23. The first-order valence-electron chi connectivity index (χ1n) is 3.64. The van der Waals surface area contributed by atoms with Crippen molar-refractivity contribution in [2.45, 2.75) is 31.3 Å². The van der Waals surface area contributed by atoms with Gasteiger partial charge in [-0.1, -0.05) is 5.11 Å². The lowest BCUT2D eigenvalue weighted by Crippen LogP contribution is -2.46. The molecule has 0 aromatic heterocycles. The lowest BCUT2D eigenvalue weighted by atomic mass is 10.0. The summed E-state index contributed by atoms with van der Waals surface area (Å²) >= 11 is 0. The van der Waals surface area contributed by atoms with Crippen LogP contribution in [0.25, 0.3) is 10.4 Å². The van der Waals surface area contributed by atoms with E-state index in [2.05, 4.69) is 10.0 Å². The van der Waals surface area contributed by atoms with Gasteiger partial charge in [0, 0.05) is 11.3 Å². The second-order valence-corrected chi connectivity index (χ2v) is 3.03. The van der Waals surface area contributed by atoms with Gasteiger partial charge in [-0.25, -0.2) is 0 Å². The van der Waals surface area contributed by atoms with E-state index in [1.807, 2.05) is 0 Å². The second-order valence-electron chi connectivity index (χ2n) is 3.03. The van der Waals surface area contributed by atoms with E-state index in [0.29, 0.717) is 0 Å². The number of azide groups is 1. The summed E-state index contributed by atoms with van der Waals surface area (Å²) in [6.45, 7) is 1.51.